The largest absolute Gasteiger partial charge is 0.470 e. The highest BCUT2D eigenvalue weighted by molar-refractivity contribution is 5.69. The number of nitrogens with zero attached hydrogens (tertiary/aromatic N) is 5. The molecule has 8 nitrogen and oxygen atoms in total. The summed E-state index contributed by atoms with van der Waals surface area (Å²) in [5.74, 6) is 0.624. The summed E-state index contributed by atoms with van der Waals surface area (Å²) in [5.41, 5.74) is 4.48. The lowest BCUT2D eigenvalue weighted by atomic mass is 10.1. The number of pyridine rings is 2. The van der Waals surface area contributed by atoms with Crippen LogP contribution in [-0.2, 0) is 13.5 Å². The van der Waals surface area contributed by atoms with E-state index in [0.29, 0.717) is 18.0 Å². The standard InChI is InChI=1S/C20H21N7O/c1-27-13-16(10-26-27)15-6-19-20(25-9-15)28-18(12-24-19)11-22-5-4-17-3-2-14(7-21)8-23-17/h2-3,6,8-10,13,18,22,24H,4-5,11-12H2,1H3/t18-/m1/s1. The lowest BCUT2D eigenvalue weighted by Crippen LogP contribution is -2.40. The average molecular weight is 375 g/mol. The van der Waals surface area contributed by atoms with Crippen LogP contribution in [0.15, 0.2) is 43.0 Å². The van der Waals surface area contributed by atoms with Crippen LogP contribution in [0.3, 0.4) is 0 Å². The van der Waals surface area contributed by atoms with Crippen LogP contribution in [-0.4, -0.2) is 45.5 Å². The molecule has 4 heterocycles. The first-order valence-electron chi connectivity index (χ1n) is 9.16. The second-order valence-electron chi connectivity index (χ2n) is 6.70. The first-order chi connectivity index (χ1) is 13.7. The Labute approximate surface area is 163 Å². The smallest absolute Gasteiger partial charge is 0.237 e. The van der Waals surface area contributed by atoms with Gasteiger partial charge in [0.05, 0.1) is 24.0 Å². The van der Waals surface area contributed by atoms with Gasteiger partial charge in [0.2, 0.25) is 5.88 Å². The number of rotatable bonds is 6. The van der Waals surface area contributed by atoms with E-state index in [0.717, 1.165) is 42.0 Å². The van der Waals surface area contributed by atoms with Crippen molar-refractivity contribution in [1.29, 1.82) is 5.26 Å². The van der Waals surface area contributed by atoms with Gasteiger partial charge in [-0.3, -0.25) is 9.67 Å². The van der Waals surface area contributed by atoms with Crippen LogP contribution in [0.5, 0.6) is 5.88 Å². The van der Waals surface area contributed by atoms with Gasteiger partial charge in [-0.1, -0.05) is 0 Å². The van der Waals surface area contributed by atoms with Crippen molar-refractivity contribution in [1.82, 2.24) is 25.1 Å². The maximum Gasteiger partial charge on any atom is 0.237 e. The van der Waals surface area contributed by atoms with Gasteiger partial charge in [0.1, 0.15) is 12.2 Å². The summed E-state index contributed by atoms with van der Waals surface area (Å²) in [4.78, 5) is 8.74. The van der Waals surface area contributed by atoms with Gasteiger partial charge in [-0.15, -0.1) is 0 Å². The summed E-state index contributed by atoms with van der Waals surface area (Å²) in [6, 6.07) is 7.79. The van der Waals surface area contributed by atoms with Crippen LogP contribution in [0.25, 0.3) is 11.1 Å². The highest BCUT2D eigenvalue weighted by atomic mass is 16.5. The van der Waals surface area contributed by atoms with Crippen LogP contribution in [0.4, 0.5) is 5.69 Å². The number of anilines is 1. The van der Waals surface area contributed by atoms with Crippen LogP contribution in [0.1, 0.15) is 11.3 Å². The second kappa shape index (κ2) is 8.06. The van der Waals surface area contributed by atoms with E-state index in [4.69, 9.17) is 10.00 Å². The number of nitriles is 1. The molecule has 3 aromatic heterocycles. The zero-order chi connectivity index (χ0) is 19.3. The zero-order valence-corrected chi connectivity index (χ0v) is 15.6. The maximum absolute atomic E-state index is 8.80. The number of hydrogen-bond donors (Lipinski definition) is 2. The van der Waals surface area contributed by atoms with E-state index in [1.807, 2.05) is 37.8 Å². The van der Waals surface area contributed by atoms with Crippen LogP contribution >= 0.6 is 0 Å². The number of nitrogens with one attached hydrogen (secondary N) is 2. The van der Waals surface area contributed by atoms with Gasteiger partial charge in [0.15, 0.2) is 0 Å². The van der Waals surface area contributed by atoms with E-state index < -0.39 is 0 Å². The molecule has 28 heavy (non-hydrogen) atoms. The number of ether oxygens (including phenoxy) is 1. The fraction of sp³-hybridized carbons (Fsp3) is 0.300. The van der Waals surface area contributed by atoms with Crippen LogP contribution in [0, 0.1) is 11.3 Å². The number of aromatic nitrogens is 4. The SMILES string of the molecule is Cn1cc(-c2cnc3c(c2)NC[C@@H](CNCCc2ccc(C#N)cn2)O3)cn1. The molecule has 0 radical (unpaired) electrons. The molecule has 0 bridgehead atoms. The van der Waals surface area contributed by atoms with Crippen molar-refractivity contribution >= 4 is 5.69 Å². The minimum atomic E-state index is 0.0122. The third kappa shape index (κ3) is 4.10. The van der Waals surface area contributed by atoms with Crippen molar-refractivity contribution in [2.45, 2.75) is 12.5 Å². The average Bonchev–Trinajstić information content (AvgIpc) is 3.17. The summed E-state index contributed by atoms with van der Waals surface area (Å²) in [7, 11) is 1.89. The minimum Gasteiger partial charge on any atom is -0.470 e. The Morgan fingerprint density at radius 3 is 2.96 bits per heavy atom. The summed E-state index contributed by atoms with van der Waals surface area (Å²) < 4.78 is 7.77. The van der Waals surface area contributed by atoms with Crippen LogP contribution in [0.2, 0.25) is 0 Å². The van der Waals surface area contributed by atoms with Gasteiger partial charge in [0, 0.05) is 62.0 Å². The van der Waals surface area contributed by atoms with E-state index in [2.05, 4.69) is 31.8 Å². The molecular weight excluding hydrogens is 354 g/mol. The fourth-order valence-electron chi connectivity index (χ4n) is 3.06. The Kier molecular flexibility index (Phi) is 5.17. The maximum atomic E-state index is 8.80. The van der Waals surface area contributed by atoms with Gasteiger partial charge >= 0.3 is 0 Å². The minimum absolute atomic E-state index is 0.0122. The summed E-state index contributed by atoms with van der Waals surface area (Å²) in [6.07, 6.45) is 8.01. The number of aryl methyl sites for hydroxylation is 1. The molecule has 3 aromatic rings. The summed E-state index contributed by atoms with van der Waals surface area (Å²) in [6.45, 7) is 2.22. The monoisotopic (exact) mass is 375 g/mol. The summed E-state index contributed by atoms with van der Waals surface area (Å²) in [5, 5.41) is 19.8. The first kappa shape index (κ1) is 17.9. The Hall–Kier alpha value is -3.44. The fourth-order valence-corrected chi connectivity index (χ4v) is 3.06. The van der Waals surface area contributed by atoms with Gasteiger partial charge in [-0.2, -0.15) is 10.4 Å². The predicted molar refractivity (Wildman–Crippen MR) is 105 cm³/mol. The third-order valence-electron chi connectivity index (χ3n) is 4.57. The van der Waals surface area contributed by atoms with E-state index >= 15 is 0 Å². The van der Waals surface area contributed by atoms with Gasteiger partial charge in [-0.05, 0) is 18.2 Å². The molecule has 4 rings (SSSR count). The lowest BCUT2D eigenvalue weighted by Gasteiger charge is -2.27. The molecule has 8 heteroatoms. The van der Waals surface area contributed by atoms with Crippen molar-refractivity contribution in [2.24, 2.45) is 7.05 Å². The molecule has 1 atom stereocenters. The number of fused-ring (bicyclic) bond motifs is 1. The Morgan fingerprint density at radius 1 is 1.29 bits per heavy atom. The summed E-state index contributed by atoms with van der Waals surface area (Å²) >= 11 is 0. The lowest BCUT2D eigenvalue weighted by molar-refractivity contribution is 0.194. The van der Waals surface area contributed by atoms with Gasteiger partial charge in [-0.25, -0.2) is 4.98 Å². The quantitative estimate of drug-likeness (QED) is 0.633. The van der Waals surface area contributed by atoms with E-state index in [-0.39, 0.29) is 6.10 Å². The van der Waals surface area contributed by atoms with Gasteiger partial charge < -0.3 is 15.4 Å². The molecule has 0 fully saturated rings. The number of hydrogen-bond acceptors (Lipinski definition) is 7. The molecule has 0 saturated heterocycles. The molecule has 0 spiro atoms. The second-order valence-corrected chi connectivity index (χ2v) is 6.70. The van der Waals surface area contributed by atoms with Crippen molar-refractivity contribution in [2.75, 3.05) is 25.0 Å². The van der Waals surface area contributed by atoms with E-state index in [1.54, 1.807) is 16.9 Å². The highest BCUT2D eigenvalue weighted by Gasteiger charge is 2.20. The Bertz CT molecular complexity index is 991. The highest BCUT2D eigenvalue weighted by Crippen LogP contribution is 2.30. The first-order valence-corrected chi connectivity index (χ1v) is 9.16. The molecule has 2 N–H and O–H groups in total. The Balaban J connectivity index is 1.27. The predicted octanol–water partition coefficient (Wildman–Crippen LogP) is 1.75. The molecule has 1 aliphatic heterocycles. The molecule has 0 amide bonds. The van der Waals surface area contributed by atoms with Crippen molar-refractivity contribution in [3.63, 3.8) is 0 Å². The molecule has 0 aliphatic carbocycles. The van der Waals surface area contributed by atoms with Crippen molar-refractivity contribution in [3.8, 4) is 23.1 Å². The molecule has 1 aliphatic rings. The van der Waals surface area contributed by atoms with E-state index in [9.17, 15) is 0 Å². The molecular formula is C20H21N7O. The normalized spacial score (nSPS) is 15.2. The topological polar surface area (TPSA) is 101 Å². The Morgan fingerprint density at radius 2 is 2.21 bits per heavy atom. The molecule has 0 saturated carbocycles. The van der Waals surface area contributed by atoms with Crippen molar-refractivity contribution < 1.29 is 4.74 Å². The van der Waals surface area contributed by atoms with Gasteiger partial charge in [0.25, 0.3) is 0 Å². The van der Waals surface area contributed by atoms with E-state index in [1.165, 1.54) is 0 Å². The molecule has 0 aromatic carbocycles. The van der Waals surface area contributed by atoms with Crippen molar-refractivity contribution in [3.05, 3.63) is 54.2 Å². The third-order valence-corrected chi connectivity index (χ3v) is 4.57. The molecule has 142 valence electrons. The van der Waals surface area contributed by atoms with Crippen LogP contribution < -0.4 is 15.4 Å². The molecule has 0 unspecified atom stereocenters. The zero-order valence-electron chi connectivity index (χ0n) is 15.6.